The number of hydrogen-bond donors (Lipinski definition) is 1. The van der Waals surface area contributed by atoms with E-state index in [1.165, 1.54) is 18.2 Å². The van der Waals surface area contributed by atoms with Gasteiger partial charge in [-0.2, -0.15) is 0 Å². The number of anilines is 1. The Balaban J connectivity index is 1.53. The Morgan fingerprint density at radius 2 is 2.00 bits per heavy atom. The molecule has 0 unspecified atom stereocenters. The maximum atomic E-state index is 13.5. The molecule has 1 aliphatic heterocycles. The molecule has 2 aromatic carbocycles. The van der Waals surface area contributed by atoms with Gasteiger partial charge in [0.1, 0.15) is 17.4 Å². The Morgan fingerprint density at radius 1 is 1.19 bits per heavy atom. The van der Waals surface area contributed by atoms with Crippen LogP contribution in [0.4, 0.5) is 14.5 Å². The monoisotopic (exact) mass is 393 g/mol. The summed E-state index contributed by atoms with van der Waals surface area (Å²) in [6.07, 6.45) is 0. The van der Waals surface area contributed by atoms with Crippen molar-refractivity contribution in [3.05, 3.63) is 53.6 Å². The fourth-order valence-corrected chi connectivity index (χ4v) is 3.01. The van der Waals surface area contributed by atoms with Gasteiger partial charge < -0.3 is 14.8 Å². The largest absolute Gasteiger partial charge is 0.482 e. The summed E-state index contributed by atoms with van der Waals surface area (Å²) in [6.45, 7) is -0.611. The van der Waals surface area contributed by atoms with Gasteiger partial charge in [-0.1, -0.05) is 0 Å². The molecule has 0 aromatic heterocycles. The smallest absolute Gasteiger partial charge is 0.316 e. The lowest BCUT2D eigenvalue weighted by Crippen LogP contribution is -2.25. The molecule has 0 radical (unpaired) electrons. The van der Waals surface area contributed by atoms with Crippen LogP contribution in [0.5, 0.6) is 5.75 Å². The Kier molecular flexibility index (Phi) is 5.70. The Hall–Kier alpha value is -2.94. The Morgan fingerprint density at radius 3 is 2.81 bits per heavy atom. The van der Waals surface area contributed by atoms with Crippen LogP contribution >= 0.6 is 11.8 Å². The number of halogens is 2. The third-order valence-electron chi connectivity index (χ3n) is 3.54. The van der Waals surface area contributed by atoms with Crippen molar-refractivity contribution in [1.82, 2.24) is 0 Å². The average molecular weight is 393 g/mol. The van der Waals surface area contributed by atoms with E-state index in [1.54, 1.807) is 0 Å². The standard InChI is InChI=1S/C18H13F2NO5S/c19-11-2-3-12(20)16(6-11)27-9-18(24)26-7-14(22)10-1-4-15-13(5-10)21-17(23)8-25-15/h1-6H,7-9H2,(H,21,23). The molecule has 2 aromatic rings. The molecule has 0 saturated heterocycles. The van der Waals surface area contributed by atoms with Crippen LogP contribution in [0.15, 0.2) is 41.3 Å². The second-order valence-corrected chi connectivity index (χ2v) is 6.51. The molecule has 0 atom stereocenters. The van der Waals surface area contributed by atoms with E-state index >= 15 is 0 Å². The maximum Gasteiger partial charge on any atom is 0.316 e. The fraction of sp³-hybridized carbons (Fsp3) is 0.167. The van der Waals surface area contributed by atoms with E-state index in [9.17, 15) is 23.2 Å². The van der Waals surface area contributed by atoms with E-state index in [2.05, 4.69) is 5.32 Å². The van der Waals surface area contributed by atoms with Crippen LogP contribution in [0, 0.1) is 11.6 Å². The quantitative estimate of drug-likeness (QED) is 0.462. The Bertz CT molecular complexity index is 919. The van der Waals surface area contributed by atoms with Gasteiger partial charge in [-0.05, 0) is 36.4 Å². The van der Waals surface area contributed by atoms with Gasteiger partial charge in [0.05, 0.1) is 11.4 Å². The van der Waals surface area contributed by atoms with Crippen molar-refractivity contribution >= 4 is 35.1 Å². The third-order valence-corrected chi connectivity index (χ3v) is 4.54. The first-order chi connectivity index (χ1) is 12.9. The highest BCUT2D eigenvalue weighted by Crippen LogP contribution is 2.28. The maximum absolute atomic E-state index is 13.5. The number of amides is 1. The number of hydrogen-bond acceptors (Lipinski definition) is 6. The summed E-state index contributed by atoms with van der Waals surface area (Å²) in [6, 6.07) is 7.37. The molecule has 1 amide bonds. The number of benzene rings is 2. The first kappa shape index (κ1) is 18.8. The number of thioether (sulfide) groups is 1. The molecule has 140 valence electrons. The van der Waals surface area contributed by atoms with E-state index < -0.39 is 30.0 Å². The summed E-state index contributed by atoms with van der Waals surface area (Å²) in [5.74, 6) is -2.66. The lowest BCUT2D eigenvalue weighted by molar-refractivity contribution is -0.139. The van der Waals surface area contributed by atoms with Crippen LogP contribution in [0.3, 0.4) is 0 Å². The number of carbonyl (C=O) groups is 3. The summed E-state index contributed by atoms with van der Waals surface area (Å²) in [5.41, 5.74) is 0.594. The van der Waals surface area contributed by atoms with Gasteiger partial charge in [0.15, 0.2) is 19.0 Å². The van der Waals surface area contributed by atoms with Crippen molar-refractivity contribution in [3.63, 3.8) is 0 Å². The fourth-order valence-electron chi connectivity index (χ4n) is 2.25. The van der Waals surface area contributed by atoms with Crippen LogP contribution < -0.4 is 10.1 Å². The lowest BCUT2D eigenvalue weighted by Gasteiger charge is -2.18. The van der Waals surface area contributed by atoms with E-state index in [4.69, 9.17) is 9.47 Å². The van der Waals surface area contributed by atoms with Crippen LogP contribution in [0.2, 0.25) is 0 Å². The molecule has 3 rings (SSSR count). The number of nitrogens with one attached hydrogen (secondary N) is 1. The van der Waals surface area contributed by atoms with Gasteiger partial charge in [-0.25, -0.2) is 8.78 Å². The van der Waals surface area contributed by atoms with E-state index in [-0.39, 0.29) is 28.7 Å². The molecular formula is C18H13F2NO5S. The highest BCUT2D eigenvalue weighted by Gasteiger charge is 2.18. The normalized spacial score (nSPS) is 12.6. The number of esters is 1. The molecule has 0 bridgehead atoms. The second kappa shape index (κ2) is 8.17. The van der Waals surface area contributed by atoms with Gasteiger partial charge in [0.25, 0.3) is 5.91 Å². The molecule has 1 heterocycles. The van der Waals surface area contributed by atoms with Crippen molar-refractivity contribution in [2.75, 3.05) is 24.3 Å². The van der Waals surface area contributed by atoms with Crippen molar-refractivity contribution < 1.29 is 32.6 Å². The third kappa shape index (κ3) is 4.82. The van der Waals surface area contributed by atoms with Crippen molar-refractivity contribution in [1.29, 1.82) is 0 Å². The van der Waals surface area contributed by atoms with Gasteiger partial charge in [-0.3, -0.25) is 14.4 Å². The molecular weight excluding hydrogens is 380 g/mol. The number of ketones is 1. The highest BCUT2D eigenvalue weighted by atomic mass is 32.2. The summed E-state index contributed by atoms with van der Waals surface area (Å²) >= 11 is 0.771. The molecule has 6 nitrogen and oxygen atoms in total. The zero-order valence-electron chi connectivity index (χ0n) is 13.8. The van der Waals surface area contributed by atoms with Crippen LogP contribution in [0.25, 0.3) is 0 Å². The van der Waals surface area contributed by atoms with E-state index in [0.29, 0.717) is 11.4 Å². The summed E-state index contributed by atoms with van der Waals surface area (Å²) in [4.78, 5) is 35.2. The molecule has 27 heavy (non-hydrogen) atoms. The highest BCUT2D eigenvalue weighted by molar-refractivity contribution is 8.00. The zero-order chi connectivity index (χ0) is 19.4. The predicted molar refractivity (Wildman–Crippen MR) is 92.9 cm³/mol. The average Bonchev–Trinajstić information content (AvgIpc) is 2.66. The summed E-state index contributed by atoms with van der Waals surface area (Å²) in [7, 11) is 0. The number of ether oxygens (including phenoxy) is 2. The number of rotatable bonds is 6. The lowest BCUT2D eigenvalue weighted by atomic mass is 10.1. The van der Waals surface area contributed by atoms with Gasteiger partial charge in [0, 0.05) is 10.5 Å². The molecule has 0 spiro atoms. The van der Waals surface area contributed by atoms with Gasteiger partial charge >= 0.3 is 5.97 Å². The van der Waals surface area contributed by atoms with Crippen molar-refractivity contribution in [3.8, 4) is 5.75 Å². The second-order valence-electron chi connectivity index (χ2n) is 5.50. The first-order valence-electron chi connectivity index (χ1n) is 7.76. The number of carbonyl (C=O) groups excluding carboxylic acids is 3. The van der Waals surface area contributed by atoms with Crippen LogP contribution in [-0.2, 0) is 14.3 Å². The van der Waals surface area contributed by atoms with Crippen molar-refractivity contribution in [2.24, 2.45) is 0 Å². The molecule has 1 N–H and O–H groups in total. The van der Waals surface area contributed by atoms with E-state index in [1.807, 2.05) is 0 Å². The summed E-state index contributed by atoms with van der Waals surface area (Å²) < 4.78 is 36.6. The van der Waals surface area contributed by atoms with E-state index in [0.717, 1.165) is 30.0 Å². The minimum absolute atomic E-state index is 0.0243. The predicted octanol–water partition coefficient (Wildman–Crippen LogP) is 2.81. The number of fused-ring (bicyclic) bond motifs is 1. The van der Waals surface area contributed by atoms with Crippen LogP contribution in [0.1, 0.15) is 10.4 Å². The Labute approximate surface area is 156 Å². The molecule has 0 saturated carbocycles. The van der Waals surface area contributed by atoms with Gasteiger partial charge in [0.2, 0.25) is 0 Å². The minimum Gasteiger partial charge on any atom is -0.482 e. The SMILES string of the molecule is O=C1COc2ccc(C(=O)COC(=O)CSc3cc(F)ccc3F)cc2N1. The number of Topliss-reactive ketones (excluding diaryl/α,β-unsaturated/α-hetero) is 1. The molecule has 9 heteroatoms. The topological polar surface area (TPSA) is 81.7 Å². The van der Waals surface area contributed by atoms with Crippen LogP contribution in [-0.4, -0.2) is 36.6 Å². The first-order valence-corrected chi connectivity index (χ1v) is 8.74. The molecule has 0 aliphatic carbocycles. The zero-order valence-corrected chi connectivity index (χ0v) is 14.6. The summed E-state index contributed by atoms with van der Waals surface area (Å²) in [5, 5.41) is 2.57. The molecule has 1 aliphatic rings. The van der Waals surface area contributed by atoms with Crippen molar-refractivity contribution in [2.45, 2.75) is 4.90 Å². The minimum atomic E-state index is -0.744. The van der Waals surface area contributed by atoms with Gasteiger partial charge in [-0.15, -0.1) is 11.8 Å². The molecule has 0 fully saturated rings.